The van der Waals surface area contributed by atoms with Gasteiger partial charge in [0, 0.05) is 45.1 Å². The Morgan fingerprint density at radius 2 is 1.66 bits per heavy atom. The molecule has 3 amide bonds. The van der Waals surface area contributed by atoms with Crippen molar-refractivity contribution >= 4 is 11.9 Å². The molecule has 0 atom stereocenters. The van der Waals surface area contributed by atoms with Crippen molar-refractivity contribution in [2.75, 3.05) is 26.2 Å². The third kappa shape index (κ3) is 3.77. The number of hydrogen-bond donors (Lipinski definition) is 0. The molecule has 0 radical (unpaired) electrons. The molecule has 2 saturated heterocycles. The molecule has 1 spiro atoms. The minimum absolute atomic E-state index is 0.0124. The van der Waals surface area contributed by atoms with E-state index in [1.807, 2.05) is 54.5 Å². The third-order valence-corrected chi connectivity index (χ3v) is 6.24. The number of likely N-dealkylation sites (N-methyl/N-ethyl adjacent to an activating group) is 1. The van der Waals surface area contributed by atoms with Gasteiger partial charge in [-0.1, -0.05) is 30.3 Å². The van der Waals surface area contributed by atoms with Crippen molar-refractivity contribution in [3.8, 4) is 0 Å². The van der Waals surface area contributed by atoms with E-state index in [-0.39, 0.29) is 11.9 Å². The highest BCUT2D eigenvalue weighted by Gasteiger charge is 2.57. The van der Waals surface area contributed by atoms with Crippen LogP contribution in [-0.4, -0.2) is 63.3 Å². The fraction of sp³-hybridized carbons (Fsp3) is 0.435. The minimum Gasteiger partial charge on any atom is -0.309 e. The molecule has 4 rings (SSSR count). The summed E-state index contributed by atoms with van der Waals surface area (Å²) >= 11 is 0. The SMILES string of the molecule is CCN1C(=O)N(CCc2ccccc2)C2(CCN(Cc3ccncc3)CC2)C1=O. The van der Waals surface area contributed by atoms with Gasteiger partial charge in [-0.3, -0.25) is 19.6 Å². The van der Waals surface area contributed by atoms with E-state index in [0.29, 0.717) is 25.9 Å². The fourth-order valence-electron chi connectivity index (χ4n) is 4.57. The van der Waals surface area contributed by atoms with Crippen molar-refractivity contribution in [2.24, 2.45) is 0 Å². The van der Waals surface area contributed by atoms with E-state index in [1.165, 1.54) is 16.0 Å². The van der Waals surface area contributed by atoms with E-state index < -0.39 is 5.54 Å². The van der Waals surface area contributed by atoms with Crippen molar-refractivity contribution in [1.82, 2.24) is 19.7 Å². The number of urea groups is 1. The first-order valence-electron chi connectivity index (χ1n) is 10.4. The van der Waals surface area contributed by atoms with Crippen molar-refractivity contribution in [3.63, 3.8) is 0 Å². The van der Waals surface area contributed by atoms with Gasteiger partial charge in [-0.15, -0.1) is 0 Å². The van der Waals surface area contributed by atoms with Gasteiger partial charge < -0.3 is 4.90 Å². The first-order valence-corrected chi connectivity index (χ1v) is 10.4. The van der Waals surface area contributed by atoms with Gasteiger partial charge in [-0.05, 0) is 49.4 Å². The Bertz CT molecular complexity index is 848. The van der Waals surface area contributed by atoms with Crippen molar-refractivity contribution in [3.05, 3.63) is 66.0 Å². The highest BCUT2D eigenvalue weighted by molar-refractivity contribution is 6.07. The van der Waals surface area contributed by atoms with Crippen LogP contribution in [0.25, 0.3) is 0 Å². The first kappa shape index (κ1) is 19.6. The Morgan fingerprint density at radius 3 is 2.31 bits per heavy atom. The number of imide groups is 1. The zero-order chi connectivity index (χ0) is 20.3. The largest absolute Gasteiger partial charge is 0.327 e. The van der Waals surface area contributed by atoms with Crippen molar-refractivity contribution in [2.45, 2.75) is 38.3 Å². The van der Waals surface area contributed by atoms with Crippen LogP contribution in [0.2, 0.25) is 0 Å². The lowest BCUT2D eigenvalue weighted by molar-refractivity contribution is -0.135. The summed E-state index contributed by atoms with van der Waals surface area (Å²) < 4.78 is 0. The van der Waals surface area contributed by atoms with Crippen molar-refractivity contribution < 1.29 is 9.59 Å². The van der Waals surface area contributed by atoms with Crippen molar-refractivity contribution in [1.29, 1.82) is 0 Å². The number of aromatic nitrogens is 1. The average molecular weight is 393 g/mol. The van der Waals surface area contributed by atoms with Crippen LogP contribution in [-0.2, 0) is 17.8 Å². The number of carbonyl (C=O) groups is 2. The van der Waals surface area contributed by atoms with Crippen LogP contribution >= 0.6 is 0 Å². The van der Waals surface area contributed by atoms with Gasteiger partial charge in [0.1, 0.15) is 5.54 Å². The third-order valence-electron chi connectivity index (χ3n) is 6.24. The van der Waals surface area contributed by atoms with Gasteiger partial charge in [0.05, 0.1) is 0 Å². The van der Waals surface area contributed by atoms with Crippen LogP contribution in [0.5, 0.6) is 0 Å². The van der Waals surface area contributed by atoms with Crippen LogP contribution < -0.4 is 0 Å². The second-order valence-electron chi connectivity index (χ2n) is 7.88. The summed E-state index contributed by atoms with van der Waals surface area (Å²) in [5.74, 6) is -0.0124. The lowest BCUT2D eigenvalue weighted by Gasteiger charge is -2.42. The van der Waals surface area contributed by atoms with Crippen LogP contribution in [0.15, 0.2) is 54.9 Å². The summed E-state index contributed by atoms with van der Waals surface area (Å²) in [6.07, 6.45) is 5.76. The number of rotatable bonds is 6. The Kier molecular flexibility index (Phi) is 5.62. The number of nitrogens with zero attached hydrogens (tertiary/aromatic N) is 4. The predicted octanol–water partition coefficient (Wildman–Crippen LogP) is 2.94. The second-order valence-corrected chi connectivity index (χ2v) is 7.88. The number of amides is 3. The molecule has 0 N–H and O–H groups in total. The van der Waals surface area contributed by atoms with Gasteiger partial charge in [0.25, 0.3) is 5.91 Å². The summed E-state index contributed by atoms with van der Waals surface area (Å²) in [7, 11) is 0. The molecule has 0 saturated carbocycles. The summed E-state index contributed by atoms with van der Waals surface area (Å²) in [4.78, 5) is 36.0. The smallest absolute Gasteiger partial charge is 0.309 e. The number of carbonyl (C=O) groups excluding carboxylic acids is 2. The molecule has 6 heteroatoms. The maximum atomic E-state index is 13.2. The molecular formula is C23H28N4O2. The van der Waals surface area contributed by atoms with Crippen LogP contribution in [0, 0.1) is 0 Å². The summed E-state index contributed by atoms with van der Waals surface area (Å²) in [5, 5.41) is 0. The molecular weight excluding hydrogens is 364 g/mol. The zero-order valence-electron chi connectivity index (χ0n) is 17.0. The molecule has 1 aromatic carbocycles. The molecule has 6 nitrogen and oxygen atoms in total. The van der Waals surface area contributed by atoms with E-state index in [4.69, 9.17) is 0 Å². The van der Waals surface area contributed by atoms with Gasteiger partial charge in [-0.2, -0.15) is 0 Å². The monoisotopic (exact) mass is 392 g/mol. The molecule has 1 aromatic heterocycles. The van der Waals surface area contributed by atoms with Gasteiger partial charge in [-0.25, -0.2) is 4.79 Å². The molecule has 152 valence electrons. The minimum atomic E-state index is -0.684. The van der Waals surface area contributed by atoms with Crippen LogP contribution in [0.4, 0.5) is 4.79 Å². The maximum Gasteiger partial charge on any atom is 0.327 e. The maximum absolute atomic E-state index is 13.2. The van der Waals surface area contributed by atoms with Crippen LogP contribution in [0.1, 0.15) is 30.9 Å². The normalized spacial score (nSPS) is 19.3. The lowest BCUT2D eigenvalue weighted by Crippen LogP contribution is -2.56. The zero-order valence-corrected chi connectivity index (χ0v) is 17.0. The highest BCUT2D eigenvalue weighted by atomic mass is 16.2. The molecule has 0 unspecified atom stereocenters. The highest BCUT2D eigenvalue weighted by Crippen LogP contribution is 2.37. The topological polar surface area (TPSA) is 56.8 Å². The predicted molar refractivity (Wildman–Crippen MR) is 111 cm³/mol. The number of likely N-dealkylation sites (tertiary alicyclic amines) is 1. The lowest BCUT2D eigenvalue weighted by atomic mass is 9.85. The Hall–Kier alpha value is -2.73. The Labute approximate surface area is 172 Å². The van der Waals surface area contributed by atoms with E-state index in [1.54, 1.807) is 0 Å². The van der Waals surface area contributed by atoms with E-state index in [9.17, 15) is 9.59 Å². The summed E-state index contributed by atoms with van der Waals surface area (Å²) in [6.45, 7) is 5.35. The standard InChI is InChI=1S/C23H28N4O2/c1-2-26-21(28)23(27(22(26)29)15-10-19-6-4-3-5-7-19)11-16-25(17-12-23)18-20-8-13-24-14-9-20/h3-9,13-14H,2,10-12,15-18H2,1H3. The number of pyridine rings is 1. The molecule has 3 heterocycles. The number of benzene rings is 1. The number of hydrogen-bond acceptors (Lipinski definition) is 4. The molecule has 2 aromatic rings. The summed E-state index contributed by atoms with van der Waals surface area (Å²) in [6, 6.07) is 14.1. The van der Waals surface area contributed by atoms with Gasteiger partial charge >= 0.3 is 6.03 Å². The molecule has 0 bridgehead atoms. The quantitative estimate of drug-likeness (QED) is 0.710. The Balaban J connectivity index is 1.48. The Morgan fingerprint density at radius 1 is 0.966 bits per heavy atom. The van der Waals surface area contributed by atoms with E-state index >= 15 is 0 Å². The molecule has 2 aliphatic heterocycles. The first-order chi connectivity index (χ1) is 14.1. The van der Waals surface area contributed by atoms with Crippen LogP contribution in [0.3, 0.4) is 0 Å². The fourth-order valence-corrected chi connectivity index (χ4v) is 4.57. The number of piperidine rings is 1. The van der Waals surface area contributed by atoms with Gasteiger partial charge in [0.2, 0.25) is 0 Å². The molecule has 0 aliphatic carbocycles. The molecule has 29 heavy (non-hydrogen) atoms. The van der Waals surface area contributed by atoms with E-state index in [0.717, 1.165) is 26.1 Å². The van der Waals surface area contributed by atoms with Gasteiger partial charge in [0.15, 0.2) is 0 Å². The molecule has 2 aliphatic rings. The second kappa shape index (κ2) is 8.33. The molecule has 2 fully saturated rings. The van der Waals surface area contributed by atoms with E-state index in [2.05, 4.69) is 22.0 Å². The average Bonchev–Trinajstić information content (AvgIpc) is 2.95. The summed E-state index contributed by atoms with van der Waals surface area (Å²) in [5.41, 5.74) is 1.73.